The van der Waals surface area contributed by atoms with E-state index in [0.29, 0.717) is 6.04 Å². The Hall–Kier alpha value is -0.970. The van der Waals surface area contributed by atoms with Crippen molar-refractivity contribution >= 4 is 23.4 Å². The van der Waals surface area contributed by atoms with Crippen molar-refractivity contribution in [1.29, 1.82) is 0 Å². The highest BCUT2D eigenvalue weighted by Crippen LogP contribution is 2.37. The van der Waals surface area contributed by atoms with Gasteiger partial charge in [0.2, 0.25) is 0 Å². The number of fused-ring (bicyclic) bond motifs is 1. The number of imidazole rings is 1. The molecule has 1 atom stereocenters. The van der Waals surface area contributed by atoms with E-state index in [4.69, 9.17) is 11.6 Å². The number of rotatable bonds is 3. The molecule has 0 spiro atoms. The van der Waals surface area contributed by atoms with E-state index in [2.05, 4.69) is 27.4 Å². The molecule has 0 bridgehead atoms. The topological polar surface area (TPSA) is 40.7 Å². The van der Waals surface area contributed by atoms with E-state index < -0.39 is 0 Å². The van der Waals surface area contributed by atoms with E-state index in [1.165, 1.54) is 10.5 Å². The van der Waals surface area contributed by atoms with Crippen molar-refractivity contribution in [1.82, 2.24) is 15.3 Å². The highest BCUT2D eigenvalue weighted by Gasteiger charge is 2.20. The maximum Gasteiger partial charge on any atom is 0.0922 e. The maximum absolute atomic E-state index is 6.09. The van der Waals surface area contributed by atoms with E-state index in [0.717, 1.165) is 29.4 Å². The first kappa shape index (κ1) is 12.1. The highest BCUT2D eigenvalue weighted by molar-refractivity contribution is 7.99. The van der Waals surface area contributed by atoms with Crippen LogP contribution in [0.1, 0.15) is 23.7 Å². The molecular formula is C13H14ClN3S. The van der Waals surface area contributed by atoms with Crippen molar-refractivity contribution in [2.75, 3.05) is 5.75 Å². The van der Waals surface area contributed by atoms with Crippen molar-refractivity contribution in [2.45, 2.75) is 23.9 Å². The summed E-state index contributed by atoms with van der Waals surface area (Å²) in [6.45, 7) is 0.807. The zero-order chi connectivity index (χ0) is 12.4. The van der Waals surface area contributed by atoms with Gasteiger partial charge in [-0.3, -0.25) is 0 Å². The third-order valence-corrected chi connectivity index (χ3v) is 4.46. The Morgan fingerprint density at radius 2 is 2.44 bits per heavy atom. The molecule has 3 rings (SSSR count). The lowest BCUT2D eigenvalue weighted by Crippen LogP contribution is -2.24. The standard InChI is InChI=1S/C13H14ClN3S/c14-9-1-2-13-11(5-9)12(3-4-18-13)16-7-10-6-15-8-17-10/h1-2,5-6,8,12,16H,3-4,7H2,(H,15,17). The molecule has 18 heavy (non-hydrogen) atoms. The molecule has 0 saturated carbocycles. The minimum absolute atomic E-state index is 0.378. The minimum Gasteiger partial charge on any atom is -0.347 e. The second kappa shape index (κ2) is 5.34. The van der Waals surface area contributed by atoms with Gasteiger partial charge in [-0.15, -0.1) is 11.8 Å². The SMILES string of the molecule is Clc1ccc2c(c1)C(NCc1cnc[nH]1)CCS2. The molecule has 0 amide bonds. The lowest BCUT2D eigenvalue weighted by Gasteiger charge is -2.26. The van der Waals surface area contributed by atoms with Gasteiger partial charge in [-0.05, 0) is 35.9 Å². The molecule has 2 heterocycles. The zero-order valence-electron chi connectivity index (χ0n) is 9.82. The zero-order valence-corrected chi connectivity index (χ0v) is 11.4. The van der Waals surface area contributed by atoms with Crippen LogP contribution in [0.2, 0.25) is 5.02 Å². The molecule has 0 saturated heterocycles. The van der Waals surface area contributed by atoms with Crippen molar-refractivity contribution in [3.05, 3.63) is 47.0 Å². The Morgan fingerprint density at radius 3 is 3.28 bits per heavy atom. The Labute approximate surface area is 115 Å². The molecule has 1 aliphatic rings. The number of H-pyrrole nitrogens is 1. The molecule has 0 aliphatic carbocycles. The molecule has 0 radical (unpaired) electrons. The van der Waals surface area contributed by atoms with Crippen LogP contribution in [0.15, 0.2) is 35.6 Å². The number of aromatic nitrogens is 2. The summed E-state index contributed by atoms with van der Waals surface area (Å²) in [5, 5.41) is 4.37. The van der Waals surface area contributed by atoms with Gasteiger partial charge >= 0.3 is 0 Å². The van der Waals surface area contributed by atoms with Crippen LogP contribution in [0, 0.1) is 0 Å². The smallest absolute Gasteiger partial charge is 0.0922 e. The summed E-state index contributed by atoms with van der Waals surface area (Å²) in [5.74, 6) is 1.15. The molecule has 2 N–H and O–H groups in total. The third-order valence-electron chi connectivity index (χ3n) is 3.11. The molecule has 0 fully saturated rings. The number of halogens is 1. The van der Waals surface area contributed by atoms with Crippen LogP contribution >= 0.6 is 23.4 Å². The van der Waals surface area contributed by atoms with Gasteiger partial charge in [-0.2, -0.15) is 0 Å². The summed E-state index contributed by atoms with van der Waals surface area (Å²) in [6.07, 6.45) is 4.69. The summed E-state index contributed by atoms with van der Waals surface area (Å²) in [6, 6.07) is 6.54. The number of thioether (sulfide) groups is 1. The summed E-state index contributed by atoms with van der Waals surface area (Å²) < 4.78 is 0. The van der Waals surface area contributed by atoms with Crippen LogP contribution in [0.5, 0.6) is 0 Å². The van der Waals surface area contributed by atoms with Gasteiger partial charge in [-0.1, -0.05) is 11.6 Å². The second-order valence-corrected chi connectivity index (χ2v) is 5.90. The summed E-state index contributed by atoms with van der Waals surface area (Å²) in [7, 11) is 0. The molecule has 1 aromatic heterocycles. The molecule has 94 valence electrons. The normalized spacial score (nSPS) is 18.6. The first-order valence-corrected chi connectivity index (χ1v) is 7.32. The fraction of sp³-hybridized carbons (Fsp3) is 0.308. The van der Waals surface area contributed by atoms with Crippen LogP contribution < -0.4 is 5.32 Å². The molecule has 1 aromatic carbocycles. The largest absolute Gasteiger partial charge is 0.347 e. The van der Waals surface area contributed by atoms with E-state index in [9.17, 15) is 0 Å². The van der Waals surface area contributed by atoms with E-state index in [1.807, 2.05) is 24.0 Å². The Bertz CT molecular complexity index is 527. The second-order valence-electron chi connectivity index (χ2n) is 4.33. The summed E-state index contributed by atoms with van der Waals surface area (Å²) in [5.41, 5.74) is 2.43. The average molecular weight is 280 g/mol. The monoisotopic (exact) mass is 279 g/mol. The number of hydrogen-bond donors (Lipinski definition) is 2. The predicted molar refractivity (Wildman–Crippen MR) is 75.0 cm³/mol. The highest BCUT2D eigenvalue weighted by atomic mass is 35.5. The van der Waals surface area contributed by atoms with Gasteiger partial charge in [0, 0.05) is 34.4 Å². The fourth-order valence-electron chi connectivity index (χ4n) is 2.19. The Kier molecular flexibility index (Phi) is 3.59. The summed E-state index contributed by atoms with van der Waals surface area (Å²) in [4.78, 5) is 8.47. The van der Waals surface area contributed by atoms with Gasteiger partial charge in [0.1, 0.15) is 0 Å². The molecule has 5 heteroatoms. The minimum atomic E-state index is 0.378. The van der Waals surface area contributed by atoms with Crippen molar-refractivity contribution < 1.29 is 0 Å². The van der Waals surface area contributed by atoms with Gasteiger partial charge in [0.05, 0.1) is 6.33 Å². The van der Waals surface area contributed by atoms with Crippen LogP contribution in [0.4, 0.5) is 0 Å². The summed E-state index contributed by atoms with van der Waals surface area (Å²) >= 11 is 7.99. The first-order chi connectivity index (χ1) is 8.83. The quantitative estimate of drug-likeness (QED) is 0.905. The van der Waals surface area contributed by atoms with Crippen LogP contribution in [-0.2, 0) is 6.54 Å². The molecule has 2 aromatic rings. The number of nitrogens with one attached hydrogen (secondary N) is 2. The third kappa shape index (κ3) is 2.55. The lowest BCUT2D eigenvalue weighted by atomic mass is 10.0. The number of hydrogen-bond acceptors (Lipinski definition) is 3. The maximum atomic E-state index is 6.09. The molecule has 3 nitrogen and oxygen atoms in total. The van der Waals surface area contributed by atoms with Crippen LogP contribution in [-0.4, -0.2) is 15.7 Å². The predicted octanol–water partition coefficient (Wildman–Crippen LogP) is 3.39. The average Bonchev–Trinajstić information content (AvgIpc) is 2.89. The molecule has 1 aliphatic heterocycles. The first-order valence-electron chi connectivity index (χ1n) is 5.96. The molecule has 1 unspecified atom stereocenters. The van der Waals surface area contributed by atoms with E-state index in [1.54, 1.807) is 6.33 Å². The van der Waals surface area contributed by atoms with Crippen molar-refractivity contribution in [3.63, 3.8) is 0 Å². The fourth-order valence-corrected chi connectivity index (χ4v) is 3.48. The van der Waals surface area contributed by atoms with Gasteiger partial charge in [-0.25, -0.2) is 4.98 Å². The van der Waals surface area contributed by atoms with E-state index in [-0.39, 0.29) is 0 Å². The van der Waals surface area contributed by atoms with E-state index >= 15 is 0 Å². The number of nitrogens with zero attached hydrogens (tertiary/aromatic N) is 1. The Morgan fingerprint density at radius 1 is 1.50 bits per heavy atom. The van der Waals surface area contributed by atoms with Gasteiger partial charge in [0.25, 0.3) is 0 Å². The Balaban J connectivity index is 1.76. The molecular weight excluding hydrogens is 266 g/mol. The van der Waals surface area contributed by atoms with Gasteiger partial charge < -0.3 is 10.3 Å². The van der Waals surface area contributed by atoms with Crippen molar-refractivity contribution in [3.8, 4) is 0 Å². The van der Waals surface area contributed by atoms with Crippen LogP contribution in [0.3, 0.4) is 0 Å². The lowest BCUT2D eigenvalue weighted by molar-refractivity contribution is 0.506. The number of benzene rings is 1. The van der Waals surface area contributed by atoms with Crippen LogP contribution in [0.25, 0.3) is 0 Å². The van der Waals surface area contributed by atoms with Crippen molar-refractivity contribution in [2.24, 2.45) is 0 Å². The van der Waals surface area contributed by atoms with Gasteiger partial charge in [0.15, 0.2) is 0 Å². The number of aromatic amines is 1.